The number of carbonyl (C=O) groups is 3. The second-order valence-corrected chi connectivity index (χ2v) is 7.23. The Morgan fingerprint density at radius 3 is 2.52 bits per heavy atom. The number of anilines is 2. The van der Waals surface area contributed by atoms with E-state index in [1.54, 1.807) is 0 Å². The third-order valence-electron chi connectivity index (χ3n) is 5.43. The summed E-state index contributed by atoms with van der Waals surface area (Å²) in [5, 5.41) is 14.5. The lowest BCUT2D eigenvalue weighted by molar-refractivity contribution is -0.136. The maximum Gasteiger partial charge on any atom is 0.313 e. The average Bonchev–Trinajstić information content (AvgIpc) is 3.27. The molecule has 7 heteroatoms. The van der Waals surface area contributed by atoms with E-state index in [1.807, 2.05) is 17.0 Å². The zero-order valence-corrected chi connectivity index (χ0v) is 13.9. The Morgan fingerprint density at radius 1 is 1.12 bits per heavy atom. The topological polar surface area (TPSA) is 98.7 Å². The Hall–Kier alpha value is -2.41. The molecular formula is C18H21N3O4. The predicted octanol–water partition coefficient (Wildman–Crippen LogP) is 0.349. The molecule has 1 aromatic rings. The standard InChI is InChI=1S/C18H21N3O4/c22-10-18(4-5-18)9-19-16(24)17(25)20-13-7-11-1-2-14(23)21-6-3-12(8-13)15(11)21/h7-8,22H,1-6,9-10H2,(H,19,24)(H,20,25). The monoisotopic (exact) mass is 343 g/mol. The minimum atomic E-state index is -0.706. The number of nitrogens with zero attached hydrogens (tertiary/aromatic N) is 1. The normalized spacial score (nSPS) is 19.4. The molecule has 3 aliphatic rings. The maximum absolute atomic E-state index is 12.1. The molecule has 2 aliphatic heterocycles. The van der Waals surface area contributed by atoms with Crippen LogP contribution in [0.5, 0.6) is 0 Å². The van der Waals surface area contributed by atoms with Crippen LogP contribution in [0.25, 0.3) is 0 Å². The van der Waals surface area contributed by atoms with Crippen LogP contribution in [0.3, 0.4) is 0 Å². The van der Waals surface area contributed by atoms with Gasteiger partial charge in [0, 0.05) is 30.6 Å². The van der Waals surface area contributed by atoms with Crippen LogP contribution in [-0.2, 0) is 27.2 Å². The molecule has 2 heterocycles. The minimum absolute atomic E-state index is 0.0261. The van der Waals surface area contributed by atoms with Crippen molar-refractivity contribution in [1.29, 1.82) is 0 Å². The fraction of sp³-hybridized carbons (Fsp3) is 0.500. The van der Waals surface area contributed by atoms with Crippen LogP contribution in [0.1, 0.15) is 30.4 Å². The van der Waals surface area contributed by atoms with Crippen molar-refractivity contribution in [1.82, 2.24) is 5.32 Å². The van der Waals surface area contributed by atoms with E-state index in [9.17, 15) is 19.5 Å². The summed E-state index contributed by atoms with van der Waals surface area (Å²) < 4.78 is 0. The number of aliphatic hydroxyl groups is 1. The van der Waals surface area contributed by atoms with Crippen LogP contribution in [0.15, 0.2) is 12.1 Å². The molecule has 1 aromatic carbocycles. The van der Waals surface area contributed by atoms with Crippen molar-refractivity contribution in [2.24, 2.45) is 5.41 Å². The number of nitrogens with one attached hydrogen (secondary N) is 2. The quantitative estimate of drug-likeness (QED) is 0.687. The SMILES string of the molecule is O=C(NCC1(CO)CC1)C(=O)Nc1cc2c3c(c1)CCN3C(=O)CC2. The highest BCUT2D eigenvalue weighted by molar-refractivity contribution is 6.39. The number of amides is 3. The lowest BCUT2D eigenvalue weighted by Crippen LogP contribution is -2.39. The third-order valence-corrected chi connectivity index (χ3v) is 5.43. The molecule has 0 bridgehead atoms. The molecule has 4 rings (SSSR count). The van der Waals surface area contributed by atoms with Crippen molar-refractivity contribution in [2.45, 2.75) is 32.1 Å². The summed E-state index contributed by atoms with van der Waals surface area (Å²) in [5.41, 5.74) is 3.43. The van der Waals surface area contributed by atoms with Gasteiger partial charge in [0.25, 0.3) is 0 Å². The van der Waals surface area contributed by atoms with Crippen LogP contribution < -0.4 is 15.5 Å². The first-order valence-electron chi connectivity index (χ1n) is 8.68. The maximum atomic E-state index is 12.1. The van der Waals surface area contributed by atoms with Gasteiger partial charge in [0.1, 0.15) is 0 Å². The first-order chi connectivity index (χ1) is 12.0. The third kappa shape index (κ3) is 2.89. The molecule has 3 amide bonds. The average molecular weight is 343 g/mol. The van der Waals surface area contributed by atoms with Gasteiger partial charge in [-0.15, -0.1) is 0 Å². The molecule has 0 radical (unpaired) electrons. The Balaban J connectivity index is 1.44. The molecule has 0 aromatic heterocycles. The summed E-state index contributed by atoms with van der Waals surface area (Å²) in [6.45, 7) is 1.03. The van der Waals surface area contributed by atoms with Crippen molar-refractivity contribution >= 4 is 29.1 Å². The molecule has 0 unspecified atom stereocenters. The second kappa shape index (κ2) is 5.84. The van der Waals surface area contributed by atoms with E-state index in [0.29, 0.717) is 31.6 Å². The first-order valence-corrected chi connectivity index (χ1v) is 8.68. The molecule has 0 atom stereocenters. The Morgan fingerprint density at radius 2 is 1.84 bits per heavy atom. The summed E-state index contributed by atoms with van der Waals surface area (Å²) in [6.07, 6.45) is 3.65. The minimum Gasteiger partial charge on any atom is -0.396 e. The molecule has 1 aliphatic carbocycles. The molecule has 132 valence electrons. The highest BCUT2D eigenvalue weighted by Gasteiger charge is 2.42. The van der Waals surface area contributed by atoms with Crippen molar-refractivity contribution in [3.05, 3.63) is 23.3 Å². The van der Waals surface area contributed by atoms with Gasteiger partial charge < -0.3 is 20.6 Å². The number of aryl methyl sites for hydroxylation is 1. The van der Waals surface area contributed by atoms with E-state index in [0.717, 1.165) is 36.1 Å². The van der Waals surface area contributed by atoms with Crippen molar-refractivity contribution in [3.8, 4) is 0 Å². The first kappa shape index (κ1) is 16.1. The highest BCUT2D eigenvalue weighted by atomic mass is 16.3. The smallest absolute Gasteiger partial charge is 0.313 e. The van der Waals surface area contributed by atoms with Gasteiger partial charge in [-0.05, 0) is 48.9 Å². The zero-order chi connectivity index (χ0) is 17.6. The van der Waals surface area contributed by atoms with E-state index < -0.39 is 11.8 Å². The number of hydrogen-bond acceptors (Lipinski definition) is 4. The highest BCUT2D eigenvalue weighted by Crippen LogP contribution is 2.44. The number of hydrogen-bond donors (Lipinski definition) is 3. The second-order valence-electron chi connectivity index (χ2n) is 7.23. The lowest BCUT2D eigenvalue weighted by atomic mass is 9.98. The molecular weight excluding hydrogens is 322 g/mol. The van der Waals surface area contributed by atoms with Crippen LogP contribution in [0, 0.1) is 5.41 Å². The summed E-state index contributed by atoms with van der Waals surface area (Å²) in [4.78, 5) is 37.9. The Bertz CT molecular complexity index is 770. The van der Waals surface area contributed by atoms with Crippen LogP contribution in [0.2, 0.25) is 0 Å². The summed E-state index contributed by atoms with van der Waals surface area (Å²) >= 11 is 0. The van der Waals surface area contributed by atoms with E-state index in [2.05, 4.69) is 10.6 Å². The largest absolute Gasteiger partial charge is 0.396 e. The van der Waals surface area contributed by atoms with Gasteiger partial charge in [-0.3, -0.25) is 14.4 Å². The van der Waals surface area contributed by atoms with Crippen molar-refractivity contribution in [2.75, 3.05) is 29.9 Å². The predicted molar refractivity (Wildman–Crippen MR) is 91.2 cm³/mol. The molecule has 1 saturated carbocycles. The molecule has 1 fully saturated rings. The Labute approximate surface area is 145 Å². The Kier molecular flexibility index (Phi) is 3.76. The summed E-state index contributed by atoms with van der Waals surface area (Å²) in [7, 11) is 0. The van der Waals surface area contributed by atoms with E-state index >= 15 is 0 Å². The van der Waals surface area contributed by atoms with Gasteiger partial charge in [0.05, 0.1) is 12.3 Å². The van der Waals surface area contributed by atoms with Gasteiger partial charge >= 0.3 is 11.8 Å². The molecule has 7 nitrogen and oxygen atoms in total. The molecule has 3 N–H and O–H groups in total. The zero-order valence-electron chi connectivity index (χ0n) is 13.9. The van der Waals surface area contributed by atoms with Gasteiger partial charge in [-0.1, -0.05) is 0 Å². The van der Waals surface area contributed by atoms with E-state index in [1.165, 1.54) is 0 Å². The number of rotatable bonds is 4. The van der Waals surface area contributed by atoms with Crippen molar-refractivity contribution in [3.63, 3.8) is 0 Å². The summed E-state index contributed by atoms with van der Waals surface area (Å²) in [6, 6.07) is 3.70. The summed E-state index contributed by atoms with van der Waals surface area (Å²) in [5.74, 6) is -1.24. The van der Waals surface area contributed by atoms with Gasteiger partial charge in [0.2, 0.25) is 5.91 Å². The van der Waals surface area contributed by atoms with Crippen molar-refractivity contribution < 1.29 is 19.5 Å². The number of carbonyl (C=O) groups excluding carboxylic acids is 3. The van der Waals surface area contributed by atoms with Crippen LogP contribution in [0.4, 0.5) is 11.4 Å². The van der Waals surface area contributed by atoms with E-state index in [-0.39, 0.29) is 17.9 Å². The van der Waals surface area contributed by atoms with Gasteiger partial charge in [-0.2, -0.15) is 0 Å². The fourth-order valence-electron chi connectivity index (χ4n) is 3.63. The van der Waals surface area contributed by atoms with Crippen LogP contribution >= 0.6 is 0 Å². The van der Waals surface area contributed by atoms with E-state index in [4.69, 9.17) is 0 Å². The van der Waals surface area contributed by atoms with Gasteiger partial charge in [0.15, 0.2) is 0 Å². The number of benzene rings is 1. The molecule has 0 saturated heterocycles. The molecule has 0 spiro atoms. The fourth-order valence-corrected chi connectivity index (χ4v) is 3.63. The van der Waals surface area contributed by atoms with Crippen LogP contribution in [-0.4, -0.2) is 42.5 Å². The molecule has 25 heavy (non-hydrogen) atoms. The lowest BCUT2D eigenvalue weighted by Gasteiger charge is -2.25. The van der Waals surface area contributed by atoms with Gasteiger partial charge in [-0.25, -0.2) is 0 Å². The number of aliphatic hydroxyl groups excluding tert-OH is 1.